The Hall–Kier alpha value is -2.86. The van der Waals surface area contributed by atoms with E-state index in [0.717, 1.165) is 16.5 Å². The van der Waals surface area contributed by atoms with Gasteiger partial charge >= 0.3 is 5.97 Å². The predicted molar refractivity (Wildman–Crippen MR) is 95.4 cm³/mol. The maximum atomic E-state index is 12.1. The molecule has 0 aliphatic carbocycles. The molecule has 0 aliphatic heterocycles. The molecule has 0 saturated heterocycles. The molecule has 6 nitrogen and oxygen atoms in total. The number of carbonyl (C=O) groups excluding carboxylic acids is 2. The van der Waals surface area contributed by atoms with Gasteiger partial charge in [-0.05, 0) is 30.7 Å². The first-order valence-electron chi connectivity index (χ1n) is 7.70. The summed E-state index contributed by atoms with van der Waals surface area (Å²) in [5.41, 5.74) is 1.78. The number of pyridine rings is 1. The smallest absolute Gasteiger partial charge is 0.311 e. The fraction of sp³-hybridized carbons (Fsp3) is 0.167. The maximum Gasteiger partial charge on any atom is 0.311 e. The molecule has 0 bridgehead atoms. The van der Waals surface area contributed by atoms with Crippen molar-refractivity contribution in [3.05, 3.63) is 59.4 Å². The molecule has 2 aromatic heterocycles. The average Bonchev–Trinajstić information content (AvgIpc) is 3.00. The Morgan fingerprint density at radius 2 is 2.08 bits per heavy atom. The molecule has 128 valence electrons. The third-order valence-electron chi connectivity index (χ3n) is 3.67. The number of halogens is 1. The van der Waals surface area contributed by atoms with E-state index in [9.17, 15) is 9.59 Å². The van der Waals surface area contributed by atoms with Gasteiger partial charge in [0.15, 0.2) is 6.10 Å². The van der Waals surface area contributed by atoms with E-state index >= 15 is 0 Å². The van der Waals surface area contributed by atoms with Crippen molar-refractivity contribution in [3.63, 3.8) is 0 Å². The van der Waals surface area contributed by atoms with E-state index in [-0.39, 0.29) is 6.42 Å². The molecule has 0 aliphatic rings. The summed E-state index contributed by atoms with van der Waals surface area (Å²) in [7, 11) is 0. The highest BCUT2D eigenvalue weighted by Gasteiger charge is 2.19. The standard InChI is InChI=1S/C18H16ClN3O3/c1-11(18(24)22-16-7-6-13(19)10-21-16)25-17(23)8-12-9-20-15-5-3-2-4-14(12)15/h2-7,9-11,20H,8H2,1H3,(H,21,22,24)/t11-/m1/s1. The van der Waals surface area contributed by atoms with E-state index in [1.807, 2.05) is 24.3 Å². The van der Waals surface area contributed by atoms with Crippen molar-refractivity contribution in [1.29, 1.82) is 0 Å². The normalized spacial score (nSPS) is 11.9. The van der Waals surface area contributed by atoms with E-state index < -0.39 is 18.0 Å². The first kappa shape index (κ1) is 17.0. The Morgan fingerprint density at radius 1 is 1.28 bits per heavy atom. The number of rotatable bonds is 5. The van der Waals surface area contributed by atoms with Crippen LogP contribution in [0.1, 0.15) is 12.5 Å². The molecule has 1 amide bonds. The van der Waals surface area contributed by atoms with Crippen LogP contribution in [0.2, 0.25) is 5.02 Å². The molecular weight excluding hydrogens is 342 g/mol. The van der Waals surface area contributed by atoms with Gasteiger partial charge < -0.3 is 15.0 Å². The van der Waals surface area contributed by atoms with Gasteiger partial charge in [0.1, 0.15) is 5.82 Å². The monoisotopic (exact) mass is 357 g/mol. The van der Waals surface area contributed by atoms with Crippen molar-refractivity contribution in [2.75, 3.05) is 5.32 Å². The molecule has 0 spiro atoms. The summed E-state index contributed by atoms with van der Waals surface area (Å²) in [5.74, 6) is -0.590. The van der Waals surface area contributed by atoms with Gasteiger partial charge in [0.25, 0.3) is 5.91 Å². The molecule has 25 heavy (non-hydrogen) atoms. The number of ether oxygens (including phenoxy) is 1. The molecule has 3 aromatic rings. The Bertz CT molecular complexity index is 905. The Labute approximate surface area is 149 Å². The van der Waals surface area contributed by atoms with Gasteiger partial charge in [-0.2, -0.15) is 0 Å². The Kier molecular flexibility index (Phi) is 5.00. The predicted octanol–water partition coefficient (Wildman–Crippen LogP) is 3.33. The van der Waals surface area contributed by atoms with Gasteiger partial charge in [-0.1, -0.05) is 29.8 Å². The number of carbonyl (C=O) groups is 2. The summed E-state index contributed by atoms with van der Waals surface area (Å²) in [6.07, 6.45) is 2.34. The number of fused-ring (bicyclic) bond motifs is 1. The molecule has 7 heteroatoms. The molecule has 1 aromatic carbocycles. The number of nitrogens with zero attached hydrogens (tertiary/aromatic N) is 1. The number of H-pyrrole nitrogens is 1. The van der Waals surface area contributed by atoms with Crippen LogP contribution >= 0.6 is 11.6 Å². The highest BCUT2D eigenvalue weighted by Crippen LogP contribution is 2.18. The molecule has 2 N–H and O–H groups in total. The summed E-state index contributed by atoms with van der Waals surface area (Å²) >= 11 is 5.74. The maximum absolute atomic E-state index is 12.1. The van der Waals surface area contributed by atoms with Crippen LogP contribution < -0.4 is 5.32 Å². The molecule has 0 radical (unpaired) electrons. The third kappa shape index (κ3) is 4.16. The van der Waals surface area contributed by atoms with Crippen LogP contribution in [-0.2, 0) is 20.7 Å². The van der Waals surface area contributed by atoms with Gasteiger partial charge in [-0.25, -0.2) is 4.98 Å². The minimum Gasteiger partial charge on any atom is -0.452 e. The fourth-order valence-electron chi connectivity index (χ4n) is 2.40. The van der Waals surface area contributed by atoms with Gasteiger partial charge in [0.05, 0.1) is 11.4 Å². The van der Waals surface area contributed by atoms with Gasteiger partial charge in [0.2, 0.25) is 0 Å². The van der Waals surface area contributed by atoms with Crippen LogP contribution in [-0.4, -0.2) is 27.9 Å². The summed E-state index contributed by atoms with van der Waals surface area (Å²) in [5, 5.41) is 4.00. The number of aromatic amines is 1. The third-order valence-corrected chi connectivity index (χ3v) is 3.89. The highest BCUT2D eigenvalue weighted by molar-refractivity contribution is 6.30. The summed E-state index contributed by atoms with van der Waals surface area (Å²) in [4.78, 5) is 31.3. The lowest BCUT2D eigenvalue weighted by atomic mass is 10.1. The van der Waals surface area contributed by atoms with E-state index in [4.69, 9.17) is 16.3 Å². The van der Waals surface area contributed by atoms with Crippen LogP contribution in [0.25, 0.3) is 10.9 Å². The number of hydrogen-bond acceptors (Lipinski definition) is 4. The van der Waals surface area contributed by atoms with Gasteiger partial charge in [0, 0.05) is 23.3 Å². The number of hydrogen-bond donors (Lipinski definition) is 2. The topological polar surface area (TPSA) is 84.1 Å². The molecule has 0 saturated carbocycles. The second kappa shape index (κ2) is 7.36. The number of esters is 1. The van der Waals surface area contributed by atoms with Crippen LogP contribution in [0, 0.1) is 0 Å². The number of para-hydroxylation sites is 1. The lowest BCUT2D eigenvalue weighted by Gasteiger charge is -2.13. The van der Waals surface area contributed by atoms with Crippen LogP contribution in [0.15, 0.2) is 48.8 Å². The number of benzene rings is 1. The van der Waals surface area contributed by atoms with Crippen LogP contribution in [0.5, 0.6) is 0 Å². The molecule has 0 unspecified atom stereocenters. The van der Waals surface area contributed by atoms with E-state index in [1.54, 1.807) is 18.3 Å². The molecule has 2 heterocycles. The Balaban J connectivity index is 1.58. The number of anilines is 1. The summed E-state index contributed by atoms with van der Waals surface area (Å²) < 4.78 is 5.21. The fourth-order valence-corrected chi connectivity index (χ4v) is 2.52. The quantitative estimate of drug-likeness (QED) is 0.686. The van der Waals surface area contributed by atoms with E-state index in [2.05, 4.69) is 15.3 Å². The zero-order valence-electron chi connectivity index (χ0n) is 13.5. The van der Waals surface area contributed by atoms with Crippen LogP contribution in [0.3, 0.4) is 0 Å². The minimum atomic E-state index is -0.935. The molecule has 3 rings (SSSR count). The van der Waals surface area contributed by atoms with Crippen molar-refractivity contribution in [3.8, 4) is 0 Å². The van der Waals surface area contributed by atoms with Gasteiger partial charge in [-0.15, -0.1) is 0 Å². The molecule has 0 fully saturated rings. The number of amides is 1. The second-order valence-corrected chi connectivity index (χ2v) is 5.96. The highest BCUT2D eigenvalue weighted by atomic mass is 35.5. The molecular formula is C18H16ClN3O3. The van der Waals surface area contributed by atoms with E-state index in [1.165, 1.54) is 13.1 Å². The van der Waals surface area contributed by atoms with Crippen LogP contribution in [0.4, 0.5) is 5.82 Å². The van der Waals surface area contributed by atoms with Crippen molar-refractivity contribution >= 4 is 40.2 Å². The van der Waals surface area contributed by atoms with Crippen molar-refractivity contribution in [2.24, 2.45) is 0 Å². The minimum absolute atomic E-state index is 0.0842. The largest absolute Gasteiger partial charge is 0.452 e. The lowest BCUT2D eigenvalue weighted by molar-refractivity contribution is -0.152. The SMILES string of the molecule is C[C@@H](OC(=O)Cc1c[nH]c2ccccc12)C(=O)Nc1ccc(Cl)cn1. The van der Waals surface area contributed by atoms with Crippen molar-refractivity contribution in [2.45, 2.75) is 19.4 Å². The zero-order valence-corrected chi connectivity index (χ0v) is 14.2. The first-order chi connectivity index (χ1) is 12.0. The average molecular weight is 358 g/mol. The van der Waals surface area contributed by atoms with E-state index in [0.29, 0.717) is 10.8 Å². The Morgan fingerprint density at radius 3 is 2.84 bits per heavy atom. The van der Waals surface area contributed by atoms with Crippen molar-refractivity contribution in [1.82, 2.24) is 9.97 Å². The number of nitrogens with one attached hydrogen (secondary N) is 2. The molecule has 1 atom stereocenters. The summed E-state index contributed by atoms with van der Waals surface area (Å²) in [6, 6.07) is 10.9. The second-order valence-electron chi connectivity index (χ2n) is 5.52. The number of aromatic nitrogens is 2. The first-order valence-corrected chi connectivity index (χ1v) is 8.07. The summed E-state index contributed by atoms with van der Waals surface area (Å²) in [6.45, 7) is 1.51. The zero-order chi connectivity index (χ0) is 17.8. The van der Waals surface area contributed by atoms with Crippen molar-refractivity contribution < 1.29 is 14.3 Å². The van der Waals surface area contributed by atoms with Gasteiger partial charge in [-0.3, -0.25) is 9.59 Å². The lowest BCUT2D eigenvalue weighted by Crippen LogP contribution is -2.30.